The minimum atomic E-state index is -0.682. The van der Waals surface area contributed by atoms with E-state index in [1.807, 2.05) is 18.2 Å². The summed E-state index contributed by atoms with van der Waals surface area (Å²) in [4.78, 5) is 4.57. The van der Waals surface area contributed by atoms with E-state index in [0.29, 0.717) is 13.1 Å². The lowest BCUT2D eigenvalue weighted by molar-refractivity contribution is 0.0794. The second-order valence-electron chi connectivity index (χ2n) is 4.93. The van der Waals surface area contributed by atoms with Gasteiger partial charge in [0.1, 0.15) is 5.01 Å². The number of thiazole rings is 1. The first-order valence-corrected chi connectivity index (χ1v) is 6.85. The zero-order valence-corrected chi connectivity index (χ0v) is 11.5. The molecular formula is C14H18N2OS. The summed E-state index contributed by atoms with van der Waals surface area (Å²) in [6, 6.07) is 10.2. The van der Waals surface area contributed by atoms with Crippen molar-refractivity contribution in [1.29, 1.82) is 0 Å². The van der Waals surface area contributed by atoms with Gasteiger partial charge in [-0.1, -0.05) is 30.3 Å². The van der Waals surface area contributed by atoms with Gasteiger partial charge in [-0.2, -0.15) is 0 Å². The average Bonchev–Trinajstić information content (AvgIpc) is 2.77. The highest BCUT2D eigenvalue weighted by Crippen LogP contribution is 2.23. The lowest BCUT2D eigenvalue weighted by Crippen LogP contribution is -2.34. The molecule has 0 aliphatic rings. The van der Waals surface area contributed by atoms with Crippen LogP contribution >= 0.6 is 11.3 Å². The van der Waals surface area contributed by atoms with Crippen LogP contribution < -0.4 is 5.32 Å². The molecule has 0 atom stereocenters. The summed E-state index contributed by atoms with van der Waals surface area (Å²) in [5, 5.41) is 15.9. The first-order valence-electron chi connectivity index (χ1n) is 5.97. The first-order chi connectivity index (χ1) is 8.54. The number of rotatable bonds is 5. The Morgan fingerprint density at radius 2 is 2.00 bits per heavy atom. The largest absolute Gasteiger partial charge is 0.389 e. The molecule has 2 aromatic rings. The fourth-order valence-electron chi connectivity index (χ4n) is 1.60. The van der Waals surface area contributed by atoms with E-state index in [1.54, 1.807) is 25.2 Å². The lowest BCUT2D eigenvalue weighted by atomic mass is 10.1. The molecule has 0 amide bonds. The molecule has 2 rings (SSSR count). The maximum absolute atomic E-state index is 9.60. The van der Waals surface area contributed by atoms with E-state index in [2.05, 4.69) is 27.8 Å². The van der Waals surface area contributed by atoms with Crippen LogP contribution in [0, 0.1) is 0 Å². The highest BCUT2D eigenvalue weighted by Gasteiger charge is 2.11. The Morgan fingerprint density at radius 1 is 1.28 bits per heavy atom. The molecule has 1 heterocycles. The zero-order chi connectivity index (χ0) is 13.0. The number of aliphatic hydroxyl groups is 1. The summed E-state index contributed by atoms with van der Waals surface area (Å²) in [7, 11) is 0. The van der Waals surface area contributed by atoms with Gasteiger partial charge in [0.05, 0.1) is 11.3 Å². The third kappa shape index (κ3) is 3.91. The normalized spacial score (nSPS) is 11.7. The molecule has 18 heavy (non-hydrogen) atoms. The number of nitrogens with one attached hydrogen (secondary N) is 1. The molecule has 0 aliphatic carbocycles. The maximum atomic E-state index is 9.60. The standard InChI is InChI=1S/C14H18N2OS/c1-14(2,17)10-15-8-12-9-18-13(16-12)11-6-4-3-5-7-11/h3-7,9,15,17H,8,10H2,1-2H3. The van der Waals surface area contributed by atoms with E-state index in [1.165, 1.54) is 0 Å². The van der Waals surface area contributed by atoms with Crippen molar-refractivity contribution in [2.75, 3.05) is 6.54 Å². The van der Waals surface area contributed by atoms with Gasteiger partial charge in [-0.05, 0) is 13.8 Å². The van der Waals surface area contributed by atoms with Gasteiger partial charge in [0.25, 0.3) is 0 Å². The number of hydrogen-bond donors (Lipinski definition) is 2. The third-order valence-electron chi connectivity index (χ3n) is 2.44. The topological polar surface area (TPSA) is 45.1 Å². The van der Waals surface area contributed by atoms with Crippen molar-refractivity contribution < 1.29 is 5.11 Å². The van der Waals surface area contributed by atoms with Crippen LogP contribution in [0.1, 0.15) is 19.5 Å². The summed E-state index contributed by atoms with van der Waals surface area (Å²) >= 11 is 1.65. The van der Waals surface area contributed by atoms with Crippen LogP contribution in [0.25, 0.3) is 10.6 Å². The second-order valence-corrected chi connectivity index (χ2v) is 5.78. The highest BCUT2D eigenvalue weighted by atomic mass is 32.1. The molecule has 0 saturated carbocycles. The van der Waals surface area contributed by atoms with E-state index < -0.39 is 5.60 Å². The van der Waals surface area contributed by atoms with Crippen LogP contribution in [0.2, 0.25) is 0 Å². The molecule has 2 N–H and O–H groups in total. The molecule has 1 aromatic heterocycles. The molecule has 4 heteroatoms. The number of hydrogen-bond acceptors (Lipinski definition) is 4. The molecule has 3 nitrogen and oxygen atoms in total. The number of benzene rings is 1. The van der Waals surface area contributed by atoms with Crippen LogP contribution in [0.15, 0.2) is 35.7 Å². The Morgan fingerprint density at radius 3 is 2.67 bits per heavy atom. The van der Waals surface area contributed by atoms with Crippen LogP contribution in [0.4, 0.5) is 0 Å². The van der Waals surface area contributed by atoms with Crippen LogP contribution in [0.3, 0.4) is 0 Å². The third-order valence-corrected chi connectivity index (χ3v) is 3.38. The highest BCUT2D eigenvalue weighted by molar-refractivity contribution is 7.13. The molecule has 0 unspecified atom stereocenters. The molecule has 0 radical (unpaired) electrons. The van der Waals surface area contributed by atoms with Crippen molar-refractivity contribution in [2.45, 2.75) is 26.0 Å². The molecule has 0 aliphatic heterocycles. The zero-order valence-electron chi connectivity index (χ0n) is 10.7. The van der Waals surface area contributed by atoms with Gasteiger partial charge in [0, 0.05) is 24.0 Å². The van der Waals surface area contributed by atoms with Gasteiger partial charge < -0.3 is 10.4 Å². The van der Waals surface area contributed by atoms with Gasteiger partial charge in [0.2, 0.25) is 0 Å². The van der Waals surface area contributed by atoms with Crippen molar-refractivity contribution in [3.63, 3.8) is 0 Å². The summed E-state index contributed by atoms with van der Waals surface area (Å²) in [6.45, 7) is 4.82. The summed E-state index contributed by atoms with van der Waals surface area (Å²) < 4.78 is 0. The summed E-state index contributed by atoms with van der Waals surface area (Å²) in [6.07, 6.45) is 0. The van der Waals surface area contributed by atoms with E-state index in [0.717, 1.165) is 16.3 Å². The van der Waals surface area contributed by atoms with Crippen LogP contribution in [-0.4, -0.2) is 22.2 Å². The Bertz CT molecular complexity index is 488. The molecule has 96 valence electrons. The van der Waals surface area contributed by atoms with E-state index in [9.17, 15) is 5.11 Å². The van der Waals surface area contributed by atoms with Gasteiger partial charge in [-0.25, -0.2) is 4.98 Å². The lowest BCUT2D eigenvalue weighted by Gasteiger charge is -2.16. The van der Waals surface area contributed by atoms with Crippen LogP contribution in [0.5, 0.6) is 0 Å². The SMILES string of the molecule is CC(C)(O)CNCc1csc(-c2ccccc2)n1. The van der Waals surface area contributed by atoms with Crippen molar-refractivity contribution in [3.8, 4) is 10.6 Å². The first kappa shape index (κ1) is 13.2. The minimum Gasteiger partial charge on any atom is -0.389 e. The predicted octanol–water partition coefficient (Wildman–Crippen LogP) is 2.67. The van der Waals surface area contributed by atoms with E-state index >= 15 is 0 Å². The van der Waals surface area contributed by atoms with Gasteiger partial charge >= 0.3 is 0 Å². The fraction of sp³-hybridized carbons (Fsp3) is 0.357. The van der Waals surface area contributed by atoms with Crippen molar-refractivity contribution >= 4 is 11.3 Å². The Balaban J connectivity index is 1.95. The Labute approximate surface area is 112 Å². The Hall–Kier alpha value is -1.23. The fourth-order valence-corrected chi connectivity index (χ4v) is 2.42. The van der Waals surface area contributed by atoms with E-state index in [-0.39, 0.29) is 0 Å². The van der Waals surface area contributed by atoms with E-state index in [4.69, 9.17) is 0 Å². The average molecular weight is 262 g/mol. The van der Waals surface area contributed by atoms with Gasteiger partial charge in [-0.3, -0.25) is 0 Å². The molecule has 0 saturated heterocycles. The second kappa shape index (κ2) is 5.61. The molecule has 0 bridgehead atoms. The minimum absolute atomic E-state index is 0.561. The molecular weight excluding hydrogens is 244 g/mol. The molecule has 0 spiro atoms. The monoisotopic (exact) mass is 262 g/mol. The molecule has 1 aromatic carbocycles. The van der Waals surface area contributed by atoms with Crippen molar-refractivity contribution in [1.82, 2.24) is 10.3 Å². The van der Waals surface area contributed by atoms with Crippen molar-refractivity contribution in [2.24, 2.45) is 0 Å². The van der Waals surface area contributed by atoms with Crippen molar-refractivity contribution in [3.05, 3.63) is 41.4 Å². The van der Waals surface area contributed by atoms with Gasteiger partial charge in [-0.15, -0.1) is 11.3 Å². The van der Waals surface area contributed by atoms with Crippen LogP contribution in [-0.2, 0) is 6.54 Å². The number of nitrogens with zero attached hydrogens (tertiary/aromatic N) is 1. The smallest absolute Gasteiger partial charge is 0.123 e. The summed E-state index contributed by atoms with van der Waals surface area (Å²) in [5.74, 6) is 0. The predicted molar refractivity (Wildman–Crippen MR) is 75.6 cm³/mol. The Kier molecular flexibility index (Phi) is 4.11. The van der Waals surface area contributed by atoms with Gasteiger partial charge in [0.15, 0.2) is 0 Å². The summed E-state index contributed by atoms with van der Waals surface area (Å²) in [5.41, 5.74) is 1.48. The molecule has 0 fully saturated rings. The maximum Gasteiger partial charge on any atom is 0.123 e. The number of aromatic nitrogens is 1. The quantitative estimate of drug-likeness (QED) is 0.871.